The lowest BCUT2D eigenvalue weighted by Gasteiger charge is -2.20. The number of terminal acetylenes is 6. The highest BCUT2D eigenvalue weighted by molar-refractivity contribution is 6.02. The predicted octanol–water partition coefficient (Wildman–Crippen LogP) is 10.8. The van der Waals surface area contributed by atoms with E-state index in [0.717, 1.165) is 33.4 Å². The van der Waals surface area contributed by atoms with E-state index in [-0.39, 0.29) is 94.6 Å². The quantitative estimate of drug-likeness (QED) is 0.0311. The van der Waals surface area contributed by atoms with E-state index in [1.807, 2.05) is 104 Å². The van der Waals surface area contributed by atoms with Crippen LogP contribution in [0.25, 0.3) is 21.5 Å². The molecule has 0 spiro atoms. The Hall–Kier alpha value is -11.1. The molecule has 0 amide bonds. The number of benzene rings is 8. The van der Waals surface area contributed by atoms with E-state index in [4.69, 9.17) is 85.9 Å². The summed E-state index contributed by atoms with van der Waals surface area (Å²) in [6.07, 6.45) is 32.5. The zero-order chi connectivity index (χ0) is 62.9. The lowest BCUT2D eigenvalue weighted by atomic mass is 9.90. The Labute approximate surface area is 518 Å². The zero-order valence-corrected chi connectivity index (χ0v) is 49.0. The third-order valence-electron chi connectivity index (χ3n) is 13.9. The third kappa shape index (κ3) is 18.0. The van der Waals surface area contributed by atoms with Crippen molar-refractivity contribution in [1.29, 1.82) is 0 Å². The number of esters is 2. The number of ether oxygens (including phenoxy) is 10. The van der Waals surface area contributed by atoms with Crippen LogP contribution in [0.5, 0.6) is 46.0 Å². The first kappa shape index (κ1) is 63.9. The maximum atomic E-state index is 13.7. The summed E-state index contributed by atoms with van der Waals surface area (Å²) in [7, 11) is 0. The Morgan fingerprint density at radius 3 is 1.33 bits per heavy atom. The van der Waals surface area contributed by atoms with Gasteiger partial charge in [0.2, 0.25) is 0 Å². The number of rotatable bonds is 31. The summed E-state index contributed by atoms with van der Waals surface area (Å²) >= 11 is 0. The second kappa shape index (κ2) is 32.4. The first-order valence-corrected chi connectivity index (χ1v) is 28.3. The molecule has 8 aromatic carbocycles. The van der Waals surface area contributed by atoms with Crippen LogP contribution in [0.2, 0.25) is 0 Å². The Morgan fingerprint density at radius 1 is 0.404 bits per heavy atom. The lowest BCUT2D eigenvalue weighted by Crippen LogP contribution is -2.25. The van der Waals surface area contributed by atoms with Crippen LogP contribution in [0.3, 0.4) is 0 Å². The van der Waals surface area contributed by atoms with Crippen LogP contribution in [0.1, 0.15) is 66.9 Å². The van der Waals surface area contributed by atoms with Gasteiger partial charge in [-0.05, 0) is 137 Å². The van der Waals surface area contributed by atoms with E-state index in [1.165, 1.54) is 0 Å². The van der Waals surface area contributed by atoms with Gasteiger partial charge in [0, 0.05) is 22.3 Å². The molecule has 8 aromatic rings. The highest BCUT2D eigenvalue weighted by atomic mass is 16.6. The van der Waals surface area contributed by atoms with Crippen LogP contribution in [0.4, 0.5) is 0 Å². The molecule has 8 rings (SSSR count). The Morgan fingerprint density at radius 2 is 0.820 bits per heavy atom. The number of aliphatic hydroxyl groups is 2. The fourth-order valence-electron chi connectivity index (χ4n) is 9.50. The summed E-state index contributed by atoms with van der Waals surface area (Å²) in [6, 6.07) is 44.3. The second-order valence-corrected chi connectivity index (χ2v) is 20.2. The van der Waals surface area contributed by atoms with Crippen molar-refractivity contribution in [3.63, 3.8) is 0 Å². The van der Waals surface area contributed by atoms with Gasteiger partial charge in [-0.2, -0.15) is 0 Å². The van der Waals surface area contributed by atoms with Gasteiger partial charge in [-0.1, -0.05) is 109 Å². The lowest BCUT2D eigenvalue weighted by molar-refractivity contribution is 0.0125. The highest BCUT2D eigenvalue weighted by Gasteiger charge is 2.24. The summed E-state index contributed by atoms with van der Waals surface area (Å²) in [4.78, 5) is 27.3. The number of aryl methyl sites for hydroxylation is 2. The Bertz CT molecular complexity index is 4000. The zero-order valence-electron chi connectivity index (χ0n) is 49.0. The summed E-state index contributed by atoms with van der Waals surface area (Å²) in [6.45, 7) is 1.09. The van der Waals surface area contributed by atoms with Gasteiger partial charge in [0.25, 0.3) is 0 Å². The summed E-state index contributed by atoms with van der Waals surface area (Å²) in [5.41, 5.74) is 6.02. The van der Waals surface area contributed by atoms with Crippen molar-refractivity contribution in [2.24, 2.45) is 0 Å². The van der Waals surface area contributed by atoms with Crippen molar-refractivity contribution in [3.8, 4) is 120 Å². The van der Waals surface area contributed by atoms with Crippen LogP contribution < -0.4 is 37.9 Å². The molecule has 89 heavy (non-hydrogen) atoms. The largest absolute Gasteiger partial charge is 0.491 e. The molecule has 2 N–H and O–H groups in total. The van der Waals surface area contributed by atoms with Gasteiger partial charge in [0.05, 0.1) is 0 Å². The first-order valence-electron chi connectivity index (χ1n) is 28.3. The number of hydrogen-bond donors (Lipinski definition) is 2. The molecule has 3 atom stereocenters. The molecule has 0 radical (unpaired) electrons. The highest BCUT2D eigenvalue weighted by Crippen LogP contribution is 2.41. The van der Waals surface area contributed by atoms with Crippen LogP contribution in [0, 0.1) is 74.1 Å². The van der Waals surface area contributed by atoms with Crippen LogP contribution in [-0.4, -0.2) is 100 Å². The number of fused-ring (bicyclic) bond motifs is 2. The minimum absolute atomic E-state index is 0.00871. The molecule has 0 aliphatic rings. The summed E-state index contributed by atoms with van der Waals surface area (Å²) < 4.78 is 57.7. The number of aliphatic hydroxyl groups excluding tert-OH is 2. The molecule has 0 aliphatic carbocycles. The average Bonchev–Trinajstić information content (AvgIpc) is 1.92. The number of hydrogen-bond acceptors (Lipinski definition) is 14. The average molecular weight is 1190 g/mol. The molecule has 0 bridgehead atoms. The Balaban J connectivity index is 0.811. The maximum Gasteiger partial charge on any atom is 0.342 e. The monoisotopic (exact) mass is 1190 g/mol. The van der Waals surface area contributed by atoms with Gasteiger partial charge in [-0.3, -0.25) is 0 Å². The normalized spacial score (nSPS) is 11.6. The van der Waals surface area contributed by atoms with Crippen molar-refractivity contribution < 1.29 is 67.2 Å². The van der Waals surface area contributed by atoms with Crippen molar-refractivity contribution in [2.45, 2.75) is 44.3 Å². The number of carbonyl (C=O) groups excluding carboxylic acids is 2. The molecule has 0 aromatic heterocycles. The molecule has 3 unspecified atom stereocenters. The van der Waals surface area contributed by atoms with Gasteiger partial charge in [0.15, 0.2) is 0 Å². The van der Waals surface area contributed by atoms with E-state index in [9.17, 15) is 19.8 Å². The van der Waals surface area contributed by atoms with Gasteiger partial charge < -0.3 is 57.6 Å². The predicted molar refractivity (Wildman–Crippen MR) is 341 cm³/mol. The summed E-state index contributed by atoms with van der Waals surface area (Å²) in [5, 5.41) is 24.3. The second-order valence-electron chi connectivity index (χ2n) is 20.2. The van der Waals surface area contributed by atoms with Gasteiger partial charge in [-0.25, -0.2) is 9.59 Å². The molecule has 0 fully saturated rings. The van der Waals surface area contributed by atoms with E-state index in [0.29, 0.717) is 75.3 Å². The molecular formula is C75H64O14. The molecule has 14 heteroatoms. The fraction of sp³-hybridized carbons (Fsp3) is 0.227. The minimum atomic E-state index is -1.17. The van der Waals surface area contributed by atoms with Crippen molar-refractivity contribution >= 4 is 33.5 Å². The topological polar surface area (TPSA) is 167 Å². The van der Waals surface area contributed by atoms with E-state index >= 15 is 0 Å². The smallest absolute Gasteiger partial charge is 0.342 e. The van der Waals surface area contributed by atoms with E-state index in [1.54, 1.807) is 48.5 Å². The van der Waals surface area contributed by atoms with Crippen LogP contribution in [-0.2, 0) is 28.7 Å². The van der Waals surface area contributed by atoms with Gasteiger partial charge in [0.1, 0.15) is 135 Å². The Kier molecular flexibility index (Phi) is 23.3. The molecular weight excluding hydrogens is 1120 g/mol. The van der Waals surface area contributed by atoms with Crippen LogP contribution >= 0.6 is 0 Å². The van der Waals surface area contributed by atoms with Crippen molar-refractivity contribution in [1.82, 2.24) is 0 Å². The van der Waals surface area contributed by atoms with Crippen LogP contribution in [0.15, 0.2) is 146 Å². The first-order chi connectivity index (χ1) is 43.4. The van der Waals surface area contributed by atoms with Gasteiger partial charge in [-0.15, -0.1) is 38.5 Å². The molecule has 0 saturated carbocycles. The van der Waals surface area contributed by atoms with Crippen molar-refractivity contribution in [3.05, 3.63) is 190 Å². The third-order valence-corrected chi connectivity index (χ3v) is 13.9. The molecule has 0 heterocycles. The van der Waals surface area contributed by atoms with Gasteiger partial charge >= 0.3 is 11.9 Å². The maximum absolute atomic E-state index is 13.7. The van der Waals surface area contributed by atoms with Crippen molar-refractivity contribution in [2.75, 3.05) is 66.1 Å². The molecule has 14 nitrogen and oxygen atoms in total. The fourth-order valence-corrected chi connectivity index (χ4v) is 9.50. The standard InChI is InChI=1S/C75H64O14/c1-8-34-80-61-25-16-52(17-26-61)14-15-55-41-58-44-69(71(83-37-11-4)45-66(58)70(42-55)82-36-10-3)75(79)89-50-60(77)48-87-64-29-20-54(21-30-64)40-53-18-27-63(28-19-53)86-47-59(76)49-88-74(78)68-43-57-24-33-65(51(7)56-22-31-62(32-23-56)81-35-9-2)73(85-39-13-6)67(57)46-72(68)84-38-12-5/h1-6,16-33,41-46,51,59-60,76-77H,14-15,34-40,47-50H2,7H3. The molecule has 0 saturated heterocycles. The SMILES string of the molecule is C#CCOc1ccc(CCc2cc(OCC#C)c3cc(OCC#C)c(C(=O)OCC(O)COc4ccc(Cc5ccc(OCC(O)COC(=O)c6cc7ccc(C(C)c8ccc(OCC#C)cc8)c(OCC#C)c7cc6OCC#C)cc5)cc4)cc3c2)cc1. The molecule has 0 aliphatic heterocycles. The summed E-state index contributed by atoms with van der Waals surface area (Å²) in [5.74, 6) is 16.9. The number of carbonyl (C=O) groups is 2. The van der Waals surface area contributed by atoms with E-state index in [2.05, 4.69) is 35.5 Å². The molecule has 448 valence electrons. The van der Waals surface area contributed by atoms with E-state index < -0.39 is 24.1 Å². The minimum Gasteiger partial charge on any atom is -0.491 e.